The van der Waals surface area contributed by atoms with E-state index in [1.54, 1.807) is 7.11 Å². The first-order valence-corrected chi connectivity index (χ1v) is 7.70. The first-order chi connectivity index (χ1) is 10.1. The van der Waals surface area contributed by atoms with Crippen LogP contribution in [0, 0.1) is 5.92 Å². The van der Waals surface area contributed by atoms with Crippen LogP contribution in [0.15, 0.2) is 24.3 Å². The number of hydrogen-bond acceptors (Lipinski definition) is 3. The minimum atomic E-state index is 0.242. The monoisotopic (exact) mass is 290 g/mol. The summed E-state index contributed by atoms with van der Waals surface area (Å²) in [6, 6.07) is 8.39. The van der Waals surface area contributed by atoms with E-state index < -0.39 is 0 Å². The van der Waals surface area contributed by atoms with Gasteiger partial charge in [0.15, 0.2) is 0 Å². The third-order valence-corrected chi connectivity index (χ3v) is 4.26. The lowest BCUT2D eigenvalue weighted by atomic mass is 9.96. The van der Waals surface area contributed by atoms with Crippen LogP contribution in [0.4, 0.5) is 0 Å². The molecule has 2 unspecified atom stereocenters. The number of rotatable bonds is 6. The Morgan fingerprint density at radius 3 is 2.90 bits per heavy atom. The molecule has 1 aliphatic heterocycles. The maximum atomic E-state index is 12.4. The Balaban J connectivity index is 1.88. The number of hydrogen-bond donors (Lipinski definition) is 1. The maximum absolute atomic E-state index is 12.4. The summed E-state index contributed by atoms with van der Waals surface area (Å²) in [4.78, 5) is 14.3. The number of para-hydroxylation sites is 1. The van der Waals surface area contributed by atoms with Crippen LogP contribution in [0.3, 0.4) is 0 Å². The fraction of sp³-hybridized carbons (Fsp3) is 0.588. The van der Waals surface area contributed by atoms with Gasteiger partial charge in [-0.15, -0.1) is 0 Å². The van der Waals surface area contributed by atoms with E-state index in [0.29, 0.717) is 18.4 Å². The molecule has 0 aromatic heterocycles. The van der Waals surface area contributed by atoms with Crippen molar-refractivity contribution in [2.24, 2.45) is 5.92 Å². The summed E-state index contributed by atoms with van der Waals surface area (Å²) >= 11 is 0. The van der Waals surface area contributed by atoms with E-state index >= 15 is 0 Å². The van der Waals surface area contributed by atoms with Crippen molar-refractivity contribution in [1.82, 2.24) is 10.2 Å². The van der Waals surface area contributed by atoms with Crippen LogP contribution in [0.5, 0.6) is 5.75 Å². The van der Waals surface area contributed by atoms with Crippen molar-refractivity contribution < 1.29 is 9.53 Å². The van der Waals surface area contributed by atoms with Crippen LogP contribution < -0.4 is 10.1 Å². The molecular formula is C17H26N2O2. The molecule has 1 aliphatic rings. The molecule has 4 nitrogen and oxygen atoms in total. The average molecular weight is 290 g/mol. The Morgan fingerprint density at radius 2 is 2.24 bits per heavy atom. The fourth-order valence-electron chi connectivity index (χ4n) is 2.93. The number of methoxy groups -OCH3 is 1. The highest BCUT2D eigenvalue weighted by molar-refractivity contribution is 5.76. The van der Waals surface area contributed by atoms with Gasteiger partial charge in [0.05, 0.1) is 7.11 Å². The van der Waals surface area contributed by atoms with Gasteiger partial charge in [0, 0.05) is 26.1 Å². The van der Waals surface area contributed by atoms with E-state index in [4.69, 9.17) is 4.74 Å². The van der Waals surface area contributed by atoms with Gasteiger partial charge >= 0.3 is 0 Å². The minimum Gasteiger partial charge on any atom is -0.496 e. The summed E-state index contributed by atoms with van der Waals surface area (Å²) in [6.45, 7) is 4.06. The molecule has 0 bridgehead atoms. The molecule has 2 atom stereocenters. The third kappa shape index (κ3) is 4.21. The molecule has 0 spiro atoms. The highest BCUT2D eigenvalue weighted by Gasteiger charge is 2.24. The Kier molecular flexibility index (Phi) is 5.62. The largest absolute Gasteiger partial charge is 0.496 e. The zero-order valence-corrected chi connectivity index (χ0v) is 13.3. The molecule has 1 saturated heterocycles. The number of likely N-dealkylation sites (N-methyl/N-ethyl adjacent to an activating group) is 1. The molecular weight excluding hydrogens is 264 g/mol. The minimum absolute atomic E-state index is 0.242. The zero-order chi connectivity index (χ0) is 15.2. The molecule has 21 heavy (non-hydrogen) atoms. The lowest BCUT2D eigenvalue weighted by Gasteiger charge is -2.25. The lowest BCUT2D eigenvalue weighted by Crippen LogP contribution is -2.39. The molecule has 1 N–H and O–H groups in total. The Bertz CT molecular complexity index is 470. The number of amides is 1. The predicted molar refractivity (Wildman–Crippen MR) is 84.5 cm³/mol. The first kappa shape index (κ1) is 15.8. The number of benzene rings is 1. The van der Waals surface area contributed by atoms with Crippen molar-refractivity contribution in [2.75, 3.05) is 27.2 Å². The summed E-state index contributed by atoms with van der Waals surface area (Å²) in [5.41, 5.74) is 1.17. The predicted octanol–water partition coefficient (Wildman–Crippen LogP) is 2.08. The lowest BCUT2D eigenvalue weighted by molar-refractivity contribution is -0.132. The molecule has 116 valence electrons. The Hall–Kier alpha value is -1.55. The summed E-state index contributed by atoms with van der Waals surface area (Å²) in [5.74, 6) is 1.46. The van der Waals surface area contributed by atoms with Gasteiger partial charge in [0.2, 0.25) is 5.91 Å². The standard InChI is InChI=1S/C17H26N2O2/c1-13(10-14-6-4-5-7-16(14)21-3)11-17(20)19(2)15-8-9-18-12-15/h4-7,13,15,18H,8-12H2,1-3H3. The van der Waals surface area contributed by atoms with Gasteiger partial charge in [-0.2, -0.15) is 0 Å². The van der Waals surface area contributed by atoms with Gasteiger partial charge in [-0.3, -0.25) is 4.79 Å². The summed E-state index contributed by atoms with van der Waals surface area (Å²) in [6.07, 6.45) is 2.51. The number of carbonyl (C=O) groups is 1. The molecule has 2 rings (SSSR count). The van der Waals surface area contributed by atoms with Gasteiger partial charge in [-0.25, -0.2) is 0 Å². The molecule has 1 aromatic carbocycles. The zero-order valence-electron chi connectivity index (χ0n) is 13.3. The van der Waals surface area contributed by atoms with E-state index in [9.17, 15) is 4.79 Å². The van der Waals surface area contributed by atoms with E-state index in [0.717, 1.165) is 31.7 Å². The number of carbonyl (C=O) groups excluding carboxylic acids is 1. The van der Waals surface area contributed by atoms with Crippen LogP contribution in [0.2, 0.25) is 0 Å². The highest BCUT2D eigenvalue weighted by Crippen LogP contribution is 2.22. The number of nitrogens with zero attached hydrogens (tertiary/aromatic N) is 1. The van der Waals surface area contributed by atoms with E-state index in [1.807, 2.05) is 30.1 Å². The molecule has 1 heterocycles. The van der Waals surface area contributed by atoms with Crippen molar-refractivity contribution in [3.05, 3.63) is 29.8 Å². The molecule has 4 heteroatoms. The SMILES string of the molecule is COc1ccccc1CC(C)CC(=O)N(C)C1CCNC1. The van der Waals surface area contributed by atoms with E-state index in [-0.39, 0.29) is 5.91 Å². The van der Waals surface area contributed by atoms with Crippen molar-refractivity contribution in [2.45, 2.75) is 32.2 Å². The normalized spacial score (nSPS) is 19.3. The summed E-state index contributed by atoms with van der Waals surface area (Å²) < 4.78 is 5.38. The number of ether oxygens (including phenoxy) is 1. The van der Waals surface area contributed by atoms with Crippen molar-refractivity contribution in [3.63, 3.8) is 0 Å². The fourth-order valence-corrected chi connectivity index (χ4v) is 2.93. The summed E-state index contributed by atoms with van der Waals surface area (Å²) in [7, 11) is 3.62. The average Bonchev–Trinajstić information content (AvgIpc) is 3.01. The topological polar surface area (TPSA) is 41.6 Å². The van der Waals surface area contributed by atoms with Crippen LogP contribution in [0.1, 0.15) is 25.3 Å². The van der Waals surface area contributed by atoms with Gasteiger partial charge < -0.3 is 15.0 Å². The third-order valence-electron chi connectivity index (χ3n) is 4.26. The van der Waals surface area contributed by atoms with Gasteiger partial charge in [-0.05, 0) is 36.9 Å². The van der Waals surface area contributed by atoms with E-state index in [2.05, 4.69) is 18.3 Å². The molecule has 0 radical (unpaired) electrons. The second-order valence-electron chi connectivity index (χ2n) is 5.98. The quantitative estimate of drug-likeness (QED) is 0.872. The van der Waals surface area contributed by atoms with Crippen LogP contribution in [-0.2, 0) is 11.2 Å². The van der Waals surface area contributed by atoms with Crippen molar-refractivity contribution >= 4 is 5.91 Å². The van der Waals surface area contributed by atoms with Gasteiger partial charge in [-0.1, -0.05) is 25.1 Å². The highest BCUT2D eigenvalue weighted by atomic mass is 16.5. The summed E-state index contributed by atoms with van der Waals surface area (Å²) in [5, 5.41) is 3.31. The van der Waals surface area contributed by atoms with Gasteiger partial charge in [0.25, 0.3) is 0 Å². The molecule has 0 aliphatic carbocycles. The maximum Gasteiger partial charge on any atom is 0.222 e. The van der Waals surface area contributed by atoms with Crippen molar-refractivity contribution in [1.29, 1.82) is 0 Å². The second kappa shape index (κ2) is 7.46. The number of nitrogens with one attached hydrogen (secondary N) is 1. The smallest absolute Gasteiger partial charge is 0.222 e. The first-order valence-electron chi connectivity index (χ1n) is 7.70. The Morgan fingerprint density at radius 1 is 1.48 bits per heavy atom. The molecule has 1 amide bonds. The molecule has 0 saturated carbocycles. The van der Waals surface area contributed by atoms with E-state index in [1.165, 1.54) is 5.56 Å². The van der Waals surface area contributed by atoms with Gasteiger partial charge in [0.1, 0.15) is 5.75 Å². The van der Waals surface area contributed by atoms with Crippen molar-refractivity contribution in [3.8, 4) is 5.75 Å². The van der Waals surface area contributed by atoms with Crippen LogP contribution in [0.25, 0.3) is 0 Å². The Labute approximate surface area is 127 Å². The second-order valence-corrected chi connectivity index (χ2v) is 5.98. The molecule has 1 aromatic rings. The van der Waals surface area contributed by atoms with Crippen LogP contribution >= 0.6 is 0 Å². The van der Waals surface area contributed by atoms with Crippen LogP contribution in [-0.4, -0.2) is 44.1 Å². The molecule has 1 fully saturated rings.